The van der Waals surface area contributed by atoms with Crippen LogP contribution in [0.15, 0.2) is 231 Å². The van der Waals surface area contributed by atoms with Crippen molar-refractivity contribution in [2.24, 2.45) is 0 Å². The van der Waals surface area contributed by atoms with Gasteiger partial charge in [-0.2, -0.15) is 29.9 Å². The van der Waals surface area contributed by atoms with Crippen molar-refractivity contribution in [3.63, 3.8) is 0 Å². The van der Waals surface area contributed by atoms with E-state index >= 15 is 0 Å². The molecule has 1 aliphatic heterocycles. The Bertz CT molecular complexity index is 5350. The van der Waals surface area contributed by atoms with Crippen molar-refractivity contribution in [2.75, 3.05) is 4.90 Å². The van der Waals surface area contributed by atoms with Gasteiger partial charge in [0.25, 0.3) is 0 Å². The molecule has 8 heterocycles. The van der Waals surface area contributed by atoms with Crippen LogP contribution in [-0.2, 0) is 0 Å². The Kier molecular flexibility index (Phi) is 9.40. The number of hydrogen-bond acceptors (Lipinski definition) is 7. The highest BCUT2D eigenvalue weighted by molar-refractivity contribution is 6.26. The van der Waals surface area contributed by atoms with E-state index in [0.29, 0.717) is 41.6 Å². The average Bonchev–Trinajstić information content (AvgIpc) is 1.80. The fraction of sp³-hybridized carbons (Fsp3) is 0.0833. The summed E-state index contributed by atoms with van der Waals surface area (Å²) in [6.45, 7) is 0. The zero-order valence-electron chi connectivity index (χ0n) is 45.3. The van der Waals surface area contributed by atoms with Gasteiger partial charge in [-0.3, -0.25) is 22.8 Å². The summed E-state index contributed by atoms with van der Waals surface area (Å²) in [6.07, 6.45) is 4.54. The fourth-order valence-electron chi connectivity index (χ4n) is 14.9. The normalized spacial score (nSPS) is 15.4. The van der Waals surface area contributed by atoms with Crippen molar-refractivity contribution in [1.29, 1.82) is 0 Å². The van der Waals surface area contributed by atoms with Crippen LogP contribution in [-0.4, -0.2) is 58.8 Å². The predicted molar refractivity (Wildman–Crippen MR) is 338 cm³/mol. The Balaban J connectivity index is 0.927. The van der Waals surface area contributed by atoms with Gasteiger partial charge in [0.15, 0.2) is 0 Å². The first-order valence-corrected chi connectivity index (χ1v) is 29.0. The van der Waals surface area contributed by atoms with Crippen molar-refractivity contribution < 1.29 is 0 Å². The minimum absolute atomic E-state index is 0.209. The number of benzene rings is 10. The second-order valence-electron chi connectivity index (χ2n) is 22.5. The molecule has 7 aromatic heterocycles. The highest BCUT2D eigenvalue weighted by Gasteiger charge is 2.42. The smallest absolute Gasteiger partial charge is 0.241 e. The summed E-state index contributed by atoms with van der Waals surface area (Å²) < 4.78 is 11.2. The Morgan fingerprint density at radius 1 is 0.262 bits per heavy atom. The summed E-state index contributed by atoms with van der Waals surface area (Å²) in [4.78, 5) is 36.3. The van der Waals surface area contributed by atoms with Gasteiger partial charge >= 0.3 is 0 Å². The molecule has 2 aliphatic rings. The topological polar surface area (TPSA) is 105 Å². The van der Waals surface area contributed by atoms with Crippen LogP contribution < -0.4 is 4.90 Å². The number of para-hydroxylation sites is 9. The second kappa shape index (κ2) is 17.3. The average molecular weight is 1080 g/mol. The molecule has 2 atom stereocenters. The molecule has 12 nitrogen and oxygen atoms in total. The van der Waals surface area contributed by atoms with Crippen LogP contribution in [0.2, 0.25) is 0 Å². The van der Waals surface area contributed by atoms with Crippen molar-refractivity contribution in [2.45, 2.75) is 37.6 Å². The number of hydrogen-bond donors (Lipinski definition) is 0. The number of rotatable bonds is 6. The van der Waals surface area contributed by atoms with E-state index in [0.717, 1.165) is 128 Å². The highest BCUT2D eigenvalue weighted by atomic mass is 15.4. The third-order valence-electron chi connectivity index (χ3n) is 18.3. The molecule has 0 radical (unpaired) electrons. The molecule has 84 heavy (non-hydrogen) atoms. The van der Waals surface area contributed by atoms with Crippen molar-refractivity contribution in [3.05, 3.63) is 236 Å². The molecule has 10 aromatic carbocycles. The van der Waals surface area contributed by atoms with Crippen molar-refractivity contribution in [1.82, 2.24) is 52.7 Å². The van der Waals surface area contributed by atoms with E-state index in [1.165, 1.54) is 17.7 Å². The zero-order chi connectivity index (χ0) is 54.7. The summed E-state index contributed by atoms with van der Waals surface area (Å²) >= 11 is 0. The van der Waals surface area contributed by atoms with Crippen molar-refractivity contribution >= 4 is 121 Å². The maximum Gasteiger partial charge on any atom is 0.241 e. The van der Waals surface area contributed by atoms with E-state index in [2.05, 4.69) is 258 Å². The molecule has 0 bridgehead atoms. The molecule has 12 heteroatoms. The molecule has 1 aliphatic carbocycles. The Labute approximate surface area is 479 Å². The lowest BCUT2D eigenvalue weighted by Gasteiger charge is -2.32. The van der Waals surface area contributed by atoms with Crippen LogP contribution in [0.4, 0.5) is 11.6 Å². The van der Waals surface area contributed by atoms with E-state index in [4.69, 9.17) is 29.9 Å². The van der Waals surface area contributed by atoms with Gasteiger partial charge in [-0.05, 0) is 79.1 Å². The van der Waals surface area contributed by atoms with Crippen molar-refractivity contribution in [3.8, 4) is 29.7 Å². The maximum absolute atomic E-state index is 5.76. The lowest BCUT2D eigenvalue weighted by molar-refractivity contribution is 0.399. The molecular weight excluding hydrogens is 1030 g/mol. The van der Waals surface area contributed by atoms with Gasteiger partial charge in [0.1, 0.15) is 0 Å². The first-order valence-electron chi connectivity index (χ1n) is 29.0. The van der Waals surface area contributed by atoms with E-state index in [-0.39, 0.29) is 6.04 Å². The fourth-order valence-corrected chi connectivity index (χ4v) is 14.9. The Morgan fingerprint density at radius 3 is 1.04 bits per heavy atom. The van der Waals surface area contributed by atoms with Crippen LogP contribution in [0, 0.1) is 0 Å². The quantitative estimate of drug-likeness (QED) is 0.163. The molecule has 1 saturated carbocycles. The van der Waals surface area contributed by atoms with Crippen LogP contribution in [0.1, 0.15) is 37.2 Å². The molecule has 0 spiro atoms. The molecule has 1 fully saturated rings. The largest absolute Gasteiger partial charge is 0.306 e. The number of nitrogens with zero attached hydrogens (tertiary/aromatic N) is 12. The van der Waals surface area contributed by atoms with Gasteiger partial charge in [0.2, 0.25) is 35.7 Å². The highest BCUT2D eigenvalue weighted by Crippen LogP contribution is 2.51. The van der Waals surface area contributed by atoms with Crippen LogP contribution in [0.25, 0.3) is 139 Å². The monoisotopic (exact) mass is 1080 g/mol. The van der Waals surface area contributed by atoms with E-state index in [9.17, 15) is 0 Å². The van der Waals surface area contributed by atoms with Crippen LogP contribution in [0.5, 0.6) is 0 Å². The minimum Gasteiger partial charge on any atom is -0.306 e. The lowest BCUT2D eigenvalue weighted by atomic mass is 9.82. The van der Waals surface area contributed by atoms with E-state index in [1.54, 1.807) is 0 Å². The van der Waals surface area contributed by atoms with Gasteiger partial charge in [-0.15, -0.1) is 0 Å². The summed E-state index contributed by atoms with van der Waals surface area (Å²) in [5, 5.41) is 11.0. The van der Waals surface area contributed by atoms with Crippen LogP contribution >= 0.6 is 0 Å². The molecule has 2 unspecified atom stereocenters. The first-order chi connectivity index (χ1) is 41.7. The predicted octanol–water partition coefficient (Wildman–Crippen LogP) is 16.7. The standard InChI is InChI=1S/C72H48N12/c1-11-31-54-43(21-1)44-22-2-12-32-55(44)79(54)67-73-68(80-56-33-13-3-23-45(56)46-24-4-14-34-57(46)80)76-71(75-67)83-63-40-20-10-30-53(63)65-64(83)42-41-52-51-29-9-19-39-62(51)84(66(52)65)72-77-69(81-58-35-15-5-25-47(58)48-26-6-16-36-59(48)81)74-70(78-72)82-60-37-17-7-27-49(60)50-28-8-18-38-61(50)82/h1-7,9-17,19-27,29-37,39-42,50,61H,8,18,28,38H2. The lowest BCUT2D eigenvalue weighted by Crippen LogP contribution is -2.34. The Hall–Kier alpha value is -11.0. The van der Waals surface area contributed by atoms with Gasteiger partial charge < -0.3 is 4.90 Å². The Morgan fingerprint density at radius 2 is 0.583 bits per heavy atom. The third-order valence-corrected chi connectivity index (χ3v) is 18.3. The number of anilines is 2. The van der Waals surface area contributed by atoms with Gasteiger partial charge in [0, 0.05) is 71.5 Å². The maximum atomic E-state index is 5.76. The van der Waals surface area contributed by atoms with Crippen LogP contribution in [0.3, 0.4) is 0 Å². The first kappa shape index (κ1) is 45.7. The van der Waals surface area contributed by atoms with E-state index < -0.39 is 0 Å². The number of aromatic nitrogens is 11. The molecular formula is C72H48N12. The molecule has 396 valence electrons. The third kappa shape index (κ3) is 6.25. The summed E-state index contributed by atoms with van der Waals surface area (Å²) in [7, 11) is 0. The molecule has 19 rings (SSSR count). The SMILES string of the molecule is c1ccc2c(c1)C1CCCCC1N2c1nc(-n2c3ccccc3c3ccccc32)nc(-n2c3ccccc3c3ccc4c(c5ccccc5n4-c4nc(-n5c6ccccc6c6ccccc65)nc(-n5c6ccccc6c6ccccc65)n4)c32)n1. The van der Waals surface area contributed by atoms with Gasteiger partial charge in [-0.1, -0.05) is 183 Å². The summed E-state index contributed by atoms with van der Waals surface area (Å²) in [5.41, 5.74) is 12.5. The summed E-state index contributed by atoms with van der Waals surface area (Å²) in [5.74, 6) is 3.62. The minimum atomic E-state index is 0.209. The second-order valence-corrected chi connectivity index (χ2v) is 22.5. The van der Waals surface area contributed by atoms with Gasteiger partial charge in [-0.25, -0.2) is 0 Å². The molecule has 0 amide bonds. The van der Waals surface area contributed by atoms with Gasteiger partial charge in [0.05, 0.1) is 55.2 Å². The van der Waals surface area contributed by atoms with E-state index in [1.807, 2.05) is 0 Å². The zero-order valence-corrected chi connectivity index (χ0v) is 45.3. The number of fused-ring (bicyclic) bond motifs is 19. The molecule has 0 saturated heterocycles. The molecule has 17 aromatic rings. The molecule has 0 N–H and O–H groups in total. The summed E-state index contributed by atoms with van der Waals surface area (Å²) in [6, 6.07) is 82.2.